The van der Waals surface area contributed by atoms with E-state index in [9.17, 15) is 0 Å². The molecule has 19 heavy (non-hydrogen) atoms. The van der Waals surface area contributed by atoms with Crippen molar-refractivity contribution in [3.63, 3.8) is 0 Å². The summed E-state index contributed by atoms with van der Waals surface area (Å²) in [6.07, 6.45) is 7.55. The molecule has 0 N–H and O–H groups in total. The first kappa shape index (κ1) is 10.3. The van der Waals surface area contributed by atoms with Crippen LogP contribution < -0.4 is 0 Å². The van der Waals surface area contributed by atoms with Gasteiger partial charge in [0.2, 0.25) is 0 Å². The average molecular weight is 245 g/mol. The van der Waals surface area contributed by atoms with Gasteiger partial charge in [-0.15, -0.1) is 0 Å². The first-order chi connectivity index (χ1) is 9.43. The molecule has 0 atom stereocenters. The van der Waals surface area contributed by atoms with E-state index in [-0.39, 0.29) is 0 Å². The molecular formula is C16H11N3. The number of imidazole rings is 1. The number of pyridine rings is 2. The molecule has 0 aliphatic heterocycles. The van der Waals surface area contributed by atoms with Crippen molar-refractivity contribution in [1.29, 1.82) is 0 Å². The van der Waals surface area contributed by atoms with E-state index >= 15 is 0 Å². The average Bonchev–Trinajstić information content (AvgIpc) is 2.95. The van der Waals surface area contributed by atoms with Gasteiger partial charge in [0, 0.05) is 23.3 Å². The highest BCUT2D eigenvalue weighted by atomic mass is 15.0. The molecule has 0 radical (unpaired) electrons. The van der Waals surface area contributed by atoms with Crippen LogP contribution in [0.1, 0.15) is 0 Å². The molecule has 3 heterocycles. The number of nitrogens with zero attached hydrogens (tertiary/aromatic N) is 3. The normalized spacial score (nSPS) is 11.2. The highest BCUT2D eigenvalue weighted by Gasteiger charge is 2.07. The van der Waals surface area contributed by atoms with Gasteiger partial charge in [-0.25, -0.2) is 4.98 Å². The molecule has 0 saturated heterocycles. The minimum Gasteiger partial charge on any atom is -0.306 e. The van der Waals surface area contributed by atoms with Gasteiger partial charge < -0.3 is 4.40 Å². The summed E-state index contributed by atoms with van der Waals surface area (Å²) in [6.45, 7) is 0. The van der Waals surface area contributed by atoms with Gasteiger partial charge in [0.15, 0.2) is 0 Å². The molecule has 0 fully saturated rings. The van der Waals surface area contributed by atoms with Crippen molar-refractivity contribution in [2.75, 3.05) is 0 Å². The third-order valence-corrected chi connectivity index (χ3v) is 3.39. The van der Waals surface area contributed by atoms with Crippen LogP contribution in [0.3, 0.4) is 0 Å². The quantitative estimate of drug-likeness (QED) is 0.513. The zero-order valence-corrected chi connectivity index (χ0v) is 10.2. The molecule has 0 aliphatic carbocycles. The van der Waals surface area contributed by atoms with Crippen LogP contribution in [0.25, 0.3) is 27.5 Å². The van der Waals surface area contributed by atoms with Crippen LogP contribution in [-0.4, -0.2) is 14.4 Å². The van der Waals surface area contributed by atoms with Gasteiger partial charge in [-0.05, 0) is 23.8 Å². The second-order valence-electron chi connectivity index (χ2n) is 4.48. The summed E-state index contributed by atoms with van der Waals surface area (Å²) in [5.41, 5.74) is 4.50. The number of benzene rings is 1. The second-order valence-corrected chi connectivity index (χ2v) is 4.48. The molecule has 3 nitrogen and oxygen atoms in total. The molecule has 3 aromatic heterocycles. The van der Waals surface area contributed by atoms with Crippen LogP contribution in [0.2, 0.25) is 0 Å². The Morgan fingerprint density at radius 2 is 1.84 bits per heavy atom. The number of fused-ring (bicyclic) bond motifs is 2. The van der Waals surface area contributed by atoms with Crippen LogP contribution in [0.15, 0.2) is 67.4 Å². The summed E-state index contributed by atoms with van der Waals surface area (Å²) in [5, 5.41) is 1.17. The Balaban J connectivity index is 2.12. The molecule has 0 spiro atoms. The molecule has 0 bridgehead atoms. The fourth-order valence-corrected chi connectivity index (χ4v) is 2.52. The molecule has 1 aromatic carbocycles. The van der Waals surface area contributed by atoms with Gasteiger partial charge in [-0.3, -0.25) is 4.98 Å². The van der Waals surface area contributed by atoms with Gasteiger partial charge >= 0.3 is 0 Å². The SMILES string of the molecule is c1cc(-c2cccn3cncc23)c2cccnc2c1. The van der Waals surface area contributed by atoms with E-state index in [4.69, 9.17) is 0 Å². The highest BCUT2D eigenvalue weighted by Crippen LogP contribution is 2.30. The van der Waals surface area contributed by atoms with E-state index < -0.39 is 0 Å². The fraction of sp³-hybridized carbons (Fsp3) is 0. The maximum absolute atomic E-state index is 4.41. The molecule has 0 aliphatic rings. The Labute approximate surface area is 110 Å². The Bertz CT molecular complexity index is 872. The molecule has 0 saturated carbocycles. The minimum absolute atomic E-state index is 1.02. The Kier molecular flexibility index (Phi) is 2.12. The third-order valence-electron chi connectivity index (χ3n) is 3.39. The van der Waals surface area contributed by atoms with Crippen molar-refractivity contribution in [3.05, 3.63) is 67.4 Å². The van der Waals surface area contributed by atoms with Crippen molar-refractivity contribution in [3.8, 4) is 11.1 Å². The Morgan fingerprint density at radius 1 is 0.895 bits per heavy atom. The minimum atomic E-state index is 1.02. The topological polar surface area (TPSA) is 30.2 Å². The standard InChI is InChI=1S/C16H11N3/c1-4-12(13-5-2-8-18-15(13)7-1)14-6-3-9-19-11-17-10-16(14)19/h1-11H. The number of aromatic nitrogens is 3. The smallest absolute Gasteiger partial charge is 0.0992 e. The molecule has 3 heteroatoms. The van der Waals surface area contributed by atoms with Gasteiger partial charge in [0.1, 0.15) is 0 Å². The van der Waals surface area contributed by atoms with Gasteiger partial charge in [0.05, 0.1) is 23.6 Å². The summed E-state index contributed by atoms with van der Waals surface area (Å²) in [7, 11) is 0. The summed E-state index contributed by atoms with van der Waals surface area (Å²) in [5.74, 6) is 0. The summed E-state index contributed by atoms with van der Waals surface area (Å²) in [4.78, 5) is 8.63. The largest absolute Gasteiger partial charge is 0.306 e. The first-order valence-electron chi connectivity index (χ1n) is 6.18. The van der Waals surface area contributed by atoms with Crippen LogP contribution >= 0.6 is 0 Å². The summed E-state index contributed by atoms with van der Waals surface area (Å²) >= 11 is 0. The number of hydrogen-bond donors (Lipinski definition) is 0. The third kappa shape index (κ3) is 1.52. The molecular weight excluding hydrogens is 234 g/mol. The Morgan fingerprint density at radius 3 is 2.84 bits per heavy atom. The van der Waals surface area contributed by atoms with Gasteiger partial charge in [-0.1, -0.05) is 24.3 Å². The van der Waals surface area contributed by atoms with Crippen LogP contribution in [0.5, 0.6) is 0 Å². The highest BCUT2D eigenvalue weighted by molar-refractivity contribution is 5.98. The molecule has 0 unspecified atom stereocenters. The van der Waals surface area contributed by atoms with E-state index in [0.29, 0.717) is 0 Å². The zero-order valence-electron chi connectivity index (χ0n) is 10.2. The van der Waals surface area contributed by atoms with Crippen molar-refractivity contribution in [1.82, 2.24) is 14.4 Å². The maximum Gasteiger partial charge on any atom is 0.0992 e. The predicted octanol–water partition coefficient (Wildman–Crippen LogP) is 3.55. The fourth-order valence-electron chi connectivity index (χ4n) is 2.52. The maximum atomic E-state index is 4.41. The second kappa shape index (κ2) is 3.92. The van der Waals surface area contributed by atoms with Crippen LogP contribution in [-0.2, 0) is 0 Å². The Hall–Kier alpha value is -2.68. The van der Waals surface area contributed by atoms with Crippen molar-refractivity contribution in [2.45, 2.75) is 0 Å². The van der Waals surface area contributed by atoms with E-state index in [2.05, 4.69) is 28.2 Å². The number of rotatable bonds is 1. The van der Waals surface area contributed by atoms with Crippen molar-refractivity contribution >= 4 is 16.4 Å². The van der Waals surface area contributed by atoms with E-state index in [1.54, 1.807) is 0 Å². The van der Waals surface area contributed by atoms with E-state index in [0.717, 1.165) is 11.0 Å². The summed E-state index contributed by atoms with van der Waals surface area (Å²) < 4.78 is 2.03. The lowest BCUT2D eigenvalue weighted by Gasteiger charge is -2.07. The van der Waals surface area contributed by atoms with Crippen LogP contribution in [0, 0.1) is 0 Å². The van der Waals surface area contributed by atoms with Crippen molar-refractivity contribution in [2.24, 2.45) is 0 Å². The summed E-state index contributed by atoms with van der Waals surface area (Å²) in [6, 6.07) is 14.5. The van der Waals surface area contributed by atoms with E-state index in [1.807, 2.05) is 53.6 Å². The lowest BCUT2D eigenvalue weighted by atomic mass is 10.0. The lowest BCUT2D eigenvalue weighted by molar-refractivity contribution is 1.16. The predicted molar refractivity (Wildman–Crippen MR) is 75.9 cm³/mol. The molecule has 90 valence electrons. The number of hydrogen-bond acceptors (Lipinski definition) is 2. The monoisotopic (exact) mass is 245 g/mol. The lowest BCUT2D eigenvalue weighted by Crippen LogP contribution is -1.87. The van der Waals surface area contributed by atoms with Gasteiger partial charge in [0.25, 0.3) is 0 Å². The van der Waals surface area contributed by atoms with Crippen molar-refractivity contribution < 1.29 is 0 Å². The van der Waals surface area contributed by atoms with E-state index in [1.165, 1.54) is 16.5 Å². The molecule has 4 rings (SSSR count). The first-order valence-corrected chi connectivity index (χ1v) is 6.18. The molecule has 4 aromatic rings. The zero-order chi connectivity index (χ0) is 12.7. The van der Waals surface area contributed by atoms with Crippen LogP contribution in [0.4, 0.5) is 0 Å². The van der Waals surface area contributed by atoms with Gasteiger partial charge in [-0.2, -0.15) is 0 Å². The molecule has 0 amide bonds.